The van der Waals surface area contributed by atoms with Crippen molar-refractivity contribution in [2.24, 2.45) is 5.92 Å². The number of amides is 3. The fourth-order valence-corrected chi connectivity index (χ4v) is 3.05. The fraction of sp³-hybridized carbons (Fsp3) is 0.300. The Morgan fingerprint density at radius 2 is 1.96 bits per heavy atom. The minimum atomic E-state index is -0.512. The first kappa shape index (κ1) is 18.6. The molecule has 0 saturated carbocycles. The molecule has 0 radical (unpaired) electrons. The van der Waals surface area contributed by atoms with E-state index in [9.17, 15) is 14.4 Å². The topological polar surface area (TPSA) is 91.4 Å². The number of pyridine rings is 1. The lowest BCUT2D eigenvalue weighted by Gasteiger charge is -2.17. The molecule has 27 heavy (non-hydrogen) atoms. The monoisotopic (exact) mass is 366 g/mol. The number of aryl methyl sites for hydroxylation is 1. The fourth-order valence-electron chi connectivity index (χ4n) is 3.05. The molecular formula is C20H22N4O3. The summed E-state index contributed by atoms with van der Waals surface area (Å²) in [6.45, 7) is 2.41. The number of aromatic nitrogens is 1. The average Bonchev–Trinajstić information content (AvgIpc) is 3.09. The smallest absolute Gasteiger partial charge is 0.271 e. The third kappa shape index (κ3) is 4.49. The van der Waals surface area contributed by atoms with Crippen LogP contribution < -0.4 is 15.8 Å². The first-order valence-electron chi connectivity index (χ1n) is 8.98. The summed E-state index contributed by atoms with van der Waals surface area (Å²) in [6.07, 6.45) is 5.14. The molecule has 0 bridgehead atoms. The Hall–Kier alpha value is -3.22. The Bertz CT molecular complexity index is 821. The van der Waals surface area contributed by atoms with E-state index in [1.807, 2.05) is 24.3 Å². The van der Waals surface area contributed by atoms with Crippen LogP contribution in [0.25, 0.3) is 0 Å². The lowest BCUT2D eigenvalue weighted by Crippen LogP contribution is -2.45. The molecule has 3 rings (SSSR count). The van der Waals surface area contributed by atoms with Crippen molar-refractivity contribution in [3.8, 4) is 0 Å². The van der Waals surface area contributed by atoms with Crippen molar-refractivity contribution in [1.29, 1.82) is 0 Å². The lowest BCUT2D eigenvalue weighted by atomic mass is 10.1. The van der Waals surface area contributed by atoms with Crippen LogP contribution in [0.5, 0.6) is 0 Å². The Balaban J connectivity index is 1.56. The number of anilines is 1. The molecule has 7 heteroatoms. The van der Waals surface area contributed by atoms with Crippen LogP contribution in [0.3, 0.4) is 0 Å². The molecule has 2 N–H and O–H groups in total. The van der Waals surface area contributed by atoms with Crippen LogP contribution in [-0.2, 0) is 16.0 Å². The standard InChI is InChI=1S/C20H22N4O3/c1-2-4-14-6-8-17(9-7-14)24-13-16(11-18(24)25)20(27)23-22-19(26)15-5-3-10-21-12-15/h3,5-10,12,16H,2,4,11,13H2,1H3,(H,22,26)(H,23,27)/t16-/m0/s1. The number of carbonyl (C=O) groups excluding carboxylic acids is 3. The van der Waals surface area contributed by atoms with Gasteiger partial charge in [-0.3, -0.25) is 30.2 Å². The van der Waals surface area contributed by atoms with Crippen LogP contribution in [0.15, 0.2) is 48.8 Å². The second-order valence-electron chi connectivity index (χ2n) is 6.51. The maximum Gasteiger partial charge on any atom is 0.271 e. The number of nitrogens with one attached hydrogen (secondary N) is 2. The Morgan fingerprint density at radius 3 is 2.63 bits per heavy atom. The normalized spacial score (nSPS) is 16.3. The number of hydrogen-bond acceptors (Lipinski definition) is 4. The van der Waals surface area contributed by atoms with Gasteiger partial charge in [-0.2, -0.15) is 0 Å². The summed E-state index contributed by atoms with van der Waals surface area (Å²) < 4.78 is 0. The molecular weight excluding hydrogens is 344 g/mol. The van der Waals surface area contributed by atoms with Gasteiger partial charge in [0, 0.05) is 31.0 Å². The maximum atomic E-state index is 12.3. The van der Waals surface area contributed by atoms with Gasteiger partial charge < -0.3 is 4.90 Å². The van der Waals surface area contributed by atoms with E-state index < -0.39 is 11.8 Å². The van der Waals surface area contributed by atoms with E-state index in [1.165, 1.54) is 11.8 Å². The van der Waals surface area contributed by atoms with E-state index in [2.05, 4.69) is 22.8 Å². The molecule has 7 nitrogen and oxygen atoms in total. The molecule has 0 unspecified atom stereocenters. The van der Waals surface area contributed by atoms with Gasteiger partial charge in [0.05, 0.1) is 11.5 Å². The molecule has 1 saturated heterocycles. The highest BCUT2D eigenvalue weighted by molar-refractivity contribution is 6.01. The van der Waals surface area contributed by atoms with Gasteiger partial charge in [0.15, 0.2) is 0 Å². The zero-order valence-electron chi connectivity index (χ0n) is 15.1. The van der Waals surface area contributed by atoms with Gasteiger partial charge in [-0.05, 0) is 36.2 Å². The number of hydrazine groups is 1. The van der Waals surface area contributed by atoms with Gasteiger partial charge in [0.1, 0.15) is 0 Å². The summed E-state index contributed by atoms with van der Waals surface area (Å²) in [6, 6.07) is 11.1. The molecule has 2 heterocycles. The van der Waals surface area contributed by atoms with Gasteiger partial charge in [0.2, 0.25) is 11.8 Å². The molecule has 1 aromatic heterocycles. The van der Waals surface area contributed by atoms with Crippen LogP contribution >= 0.6 is 0 Å². The molecule has 1 fully saturated rings. The first-order valence-corrected chi connectivity index (χ1v) is 8.98. The van der Waals surface area contributed by atoms with Crippen LogP contribution in [0.2, 0.25) is 0 Å². The molecule has 2 aromatic rings. The second kappa shape index (κ2) is 8.44. The minimum absolute atomic E-state index is 0.100. The van der Waals surface area contributed by atoms with Crippen LogP contribution in [0.1, 0.15) is 35.7 Å². The van der Waals surface area contributed by atoms with E-state index in [0.717, 1.165) is 18.5 Å². The number of rotatable bonds is 5. The summed E-state index contributed by atoms with van der Waals surface area (Å²) in [5, 5.41) is 0. The van der Waals surface area contributed by atoms with Gasteiger partial charge in [-0.25, -0.2) is 0 Å². The quantitative estimate of drug-likeness (QED) is 0.790. The average molecular weight is 366 g/mol. The molecule has 0 aliphatic carbocycles. The molecule has 1 aromatic carbocycles. The van der Waals surface area contributed by atoms with Crippen molar-refractivity contribution in [3.05, 3.63) is 59.9 Å². The zero-order chi connectivity index (χ0) is 19.2. The maximum absolute atomic E-state index is 12.3. The third-order valence-corrected chi connectivity index (χ3v) is 4.51. The Labute approximate surface area is 157 Å². The number of benzene rings is 1. The Kier molecular flexibility index (Phi) is 5.80. The number of carbonyl (C=O) groups is 3. The predicted molar refractivity (Wildman–Crippen MR) is 101 cm³/mol. The van der Waals surface area contributed by atoms with Gasteiger partial charge >= 0.3 is 0 Å². The highest BCUT2D eigenvalue weighted by Gasteiger charge is 2.35. The second-order valence-corrected chi connectivity index (χ2v) is 6.51. The van der Waals surface area contributed by atoms with E-state index in [0.29, 0.717) is 12.1 Å². The van der Waals surface area contributed by atoms with E-state index in [-0.39, 0.29) is 18.2 Å². The highest BCUT2D eigenvalue weighted by Crippen LogP contribution is 2.25. The van der Waals surface area contributed by atoms with Gasteiger partial charge in [0.25, 0.3) is 5.91 Å². The predicted octanol–water partition coefficient (Wildman–Crippen LogP) is 1.85. The summed E-state index contributed by atoms with van der Waals surface area (Å²) in [5.74, 6) is -1.45. The molecule has 140 valence electrons. The molecule has 0 spiro atoms. The lowest BCUT2D eigenvalue weighted by molar-refractivity contribution is -0.126. The Morgan fingerprint density at radius 1 is 1.19 bits per heavy atom. The summed E-state index contributed by atoms with van der Waals surface area (Å²) >= 11 is 0. The molecule has 1 atom stereocenters. The number of hydrogen-bond donors (Lipinski definition) is 2. The van der Waals surface area contributed by atoms with Gasteiger partial charge in [-0.15, -0.1) is 0 Å². The van der Waals surface area contributed by atoms with E-state index in [4.69, 9.17) is 0 Å². The van der Waals surface area contributed by atoms with Crippen LogP contribution in [0, 0.1) is 5.92 Å². The van der Waals surface area contributed by atoms with Crippen molar-refractivity contribution in [2.75, 3.05) is 11.4 Å². The molecule has 3 amide bonds. The SMILES string of the molecule is CCCc1ccc(N2C[C@@H](C(=O)NNC(=O)c3cccnc3)CC2=O)cc1. The van der Waals surface area contributed by atoms with Crippen molar-refractivity contribution in [2.45, 2.75) is 26.2 Å². The summed E-state index contributed by atoms with van der Waals surface area (Å²) in [4.78, 5) is 42.1. The van der Waals surface area contributed by atoms with E-state index in [1.54, 1.807) is 23.2 Å². The highest BCUT2D eigenvalue weighted by atomic mass is 16.2. The van der Waals surface area contributed by atoms with Crippen molar-refractivity contribution < 1.29 is 14.4 Å². The number of nitrogens with zero attached hydrogens (tertiary/aromatic N) is 2. The summed E-state index contributed by atoms with van der Waals surface area (Å²) in [5.41, 5.74) is 7.11. The molecule has 1 aliphatic heterocycles. The van der Waals surface area contributed by atoms with Crippen molar-refractivity contribution in [1.82, 2.24) is 15.8 Å². The largest absolute Gasteiger partial charge is 0.312 e. The van der Waals surface area contributed by atoms with Crippen molar-refractivity contribution >= 4 is 23.4 Å². The first-order chi connectivity index (χ1) is 13.1. The van der Waals surface area contributed by atoms with Crippen LogP contribution in [-0.4, -0.2) is 29.3 Å². The van der Waals surface area contributed by atoms with Crippen LogP contribution in [0.4, 0.5) is 5.69 Å². The third-order valence-electron chi connectivity index (χ3n) is 4.51. The van der Waals surface area contributed by atoms with Crippen molar-refractivity contribution in [3.63, 3.8) is 0 Å². The minimum Gasteiger partial charge on any atom is -0.312 e. The zero-order valence-corrected chi connectivity index (χ0v) is 15.1. The summed E-state index contributed by atoms with van der Waals surface area (Å²) in [7, 11) is 0. The van der Waals surface area contributed by atoms with E-state index >= 15 is 0 Å². The molecule has 1 aliphatic rings. The van der Waals surface area contributed by atoms with Gasteiger partial charge in [-0.1, -0.05) is 25.5 Å².